The fourth-order valence-corrected chi connectivity index (χ4v) is 1.06. The average Bonchev–Trinajstić information content (AvgIpc) is 2.10. The summed E-state index contributed by atoms with van der Waals surface area (Å²) >= 11 is 0. The molecule has 0 aromatic carbocycles. The van der Waals surface area contributed by atoms with Gasteiger partial charge in [0.1, 0.15) is 0 Å². The van der Waals surface area contributed by atoms with Crippen LogP contribution < -0.4 is 5.32 Å². The molecule has 0 atom stereocenters. The van der Waals surface area contributed by atoms with Gasteiger partial charge < -0.3 is 10.4 Å². The largest absolute Gasteiger partial charge is 0.480 e. The van der Waals surface area contributed by atoms with Crippen LogP contribution in [-0.4, -0.2) is 54.2 Å². The van der Waals surface area contributed by atoms with Gasteiger partial charge in [0.05, 0.1) is 19.6 Å². The first-order chi connectivity index (χ1) is 7.74. The molecule has 0 saturated carbocycles. The van der Waals surface area contributed by atoms with Crippen molar-refractivity contribution in [3.05, 3.63) is 12.7 Å². The van der Waals surface area contributed by atoms with E-state index in [1.54, 1.807) is 0 Å². The van der Waals surface area contributed by atoms with Crippen LogP contribution in [0.3, 0.4) is 0 Å². The predicted molar refractivity (Wildman–Crippen MR) is 53.3 cm³/mol. The number of carbonyl (C=O) groups excluding carboxylic acids is 1. The van der Waals surface area contributed by atoms with Gasteiger partial charge >= 0.3 is 12.1 Å². The molecule has 0 saturated heterocycles. The highest BCUT2D eigenvalue weighted by Gasteiger charge is 2.32. The predicted octanol–water partition coefficient (Wildman–Crippen LogP) is 0.237. The van der Waals surface area contributed by atoms with Crippen molar-refractivity contribution in [3.8, 4) is 0 Å². The summed E-state index contributed by atoms with van der Waals surface area (Å²) < 4.78 is 36.2. The number of amides is 1. The number of alkyl halides is 3. The van der Waals surface area contributed by atoms with Gasteiger partial charge in [0.25, 0.3) is 0 Å². The van der Waals surface area contributed by atoms with Crippen LogP contribution in [0.4, 0.5) is 13.2 Å². The molecule has 8 heteroatoms. The highest BCUT2D eigenvalue weighted by molar-refractivity contribution is 5.79. The molecule has 0 aliphatic heterocycles. The van der Waals surface area contributed by atoms with Gasteiger partial charge in [-0.05, 0) is 0 Å². The summed E-state index contributed by atoms with van der Waals surface area (Å²) in [6.07, 6.45) is -3.18. The second-order valence-electron chi connectivity index (χ2n) is 3.25. The number of carbonyl (C=O) groups is 2. The lowest BCUT2D eigenvalue weighted by molar-refractivity contribution is -0.155. The van der Waals surface area contributed by atoms with Gasteiger partial charge in [-0.25, -0.2) is 0 Å². The van der Waals surface area contributed by atoms with E-state index in [9.17, 15) is 22.8 Å². The lowest BCUT2D eigenvalue weighted by Gasteiger charge is -2.20. The summed E-state index contributed by atoms with van der Waals surface area (Å²) in [5.74, 6) is -2.11. The Balaban J connectivity index is 4.32. The maximum Gasteiger partial charge on any atom is 0.401 e. The van der Waals surface area contributed by atoms with Crippen LogP contribution in [0.2, 0.25) is 0 Å². The standard InChI is InChI=1S/C9H13F3N2O3/c1-2-3-13-7(15)4-14(5-8(16)17)6-9(10,11)12/h2H,1,3-6H2,(H,13,15)(H,16,17). The topological polar surface area (TPSA) is 69.6 Å². The van der Waals surface area contributed by atoms with E-state index in [2.05, 4.69) is 11.9 Å². The number of halogens is 3. The number of carboxylic acids is 1. The number of aliphatic carboxylic acids is 1. The van der Waals surface area contributed by atoms with E-state index in [1.807, 2.05) is 0 Å². The van der Waals surface area contributed by atoms with Gasteiger partial charge in [-0.3, -0.25) is 14.5 Å². The molecular weight excluding hydrogens is 241 g/mol. The van der Waals surface area contributed by atoms with Crippen molar-refractivity contribution in [2.45, 2.75) is 6.18 Å². The minimum Gasteiger partial charge on any atom is -0.480 e. The summed E-state index contributed by atoms with van der Waals surface area (Å²) in [4.78, 5) is 22.0. The second kappa shape index (κ2) is 6.89. The Morgan fingerprint density at radius 1 is 1.35 bits per heavy atom. The van der Waals surface area contributed by atoms with Crippen LogP contribution in [0.25, 0.3) is 0 Å². The first-order valence-electron chi connectivity index (χ1n) is 4.63. The summed E-state index contributed by atoms with van der Waals surface area (Å²) in [5.41, 5.74) is 0. The molecule has 1 amide bonds. The van der Waals surface area contributed by atoms with E-state index >= 15 is 0 Å². The minimum absolute atomic E-state index is 0.117. The first-order valence-corrected chi connectivity index (χ1v) is 4.63. The van der Waals surface area contributed by atoms with Gasteiger partial charge in [0.15, 0.2) is 0 Å². The van der Waals surface area contributed by atoms with Crippen molar-refractivity contribution in [1.29, 1.82) is 0 Å². The molecule has 0 aromatic heterocycles. The van der Waals surface area contributed by atoms with Crippen LogP contribution in [0.15, 0.2) is 12.7 Å². The molecule has 0 heterocycles. The highest BCUT2D eigenvalue weighted by Crippen LogP contribution is 2.15. The molecule has 0 bridgehead atoms. The Morgan fingerprint density at radius 3 is 2.35 bits per heavy atom. The van der Waals surface area contributed by atoms with Gasteiger partial charge in [-0.1, -0.05) is 6.08 Å². The van der Waals surface area contributed by atoms with Crippen molar-refractivity contribution in [1.82, 2.24) is 10.2 Å². The van der Waals surface area contributed by atoms with Gasteiger partial charge in [0, 0.05) is 6.54 Å². The van der Waals surface area contributed by atoms with Crippen molar-refractivity contribution >= 4 is 11.9 Å². The van der Waals surface area contributed by atoms with Crippen LogP contribution in [0.1, 0.15) is 0 Å². The molecule has 5 nitrogen and oxygen atoms in total. The van der Waals surface area contributed by atoms with Crippen molar-refractivity contribution in [2.24, 2.45) is 0 Å². The lowest BCUT2D eigenvalue weighted by Crippen LogP contribution is -2.44. The molecule has 0 fully saturated rings. The summed E-state index contributed by atoms with van der Waals surface area (Å²) in [7, 11) is 0. The Hall–Kier alpha value is -1.57. The molecule has 2 N–H and O–H groups in total. The second-order valence-corrected chi connectivity index (χ2v) is 3.25. The number of nitrogens with zero attached hydrogens (tertiary/aromatic N) is 1. The van der Waals surface area contributed by atoms with E-state index < -0.39 is 37.7 Å². The van der Waals surface area contributed by atoms with E-state index in [-0.39, 0.29) is 6.54 Å². The first kappa shape index (κ1) is 15.4. The third-order valence-corrected chi connectivity index (χ3v) is 1.57. The van der Waals surface area contributed by atoms with Crippen molar-refractivity contribution < 1.29 is 27.9 Å². The molecule has 17 heavy (non-hydrogen) atoms. The van der Waals surface area contributed by atoms with Gasteiger partial charge in [0.2, 0.25) is 5.91 Å². The zero-order valence-corrected chi connectivity index (χ0v) is 8.96. The van der Waals surface area contributed by atoms with E-state index in [1.165, 1.54) is 6.08 Å². The Labute approximate surface area is 95.9 Å². The Kier molecular flexibility index (Phi) is 6.26. The van der Waals surface area contributed by atoms with Crippen LogP contribution in [-0.2, 0) is 9.59 Å². The average molecular weight is 254 g/mol. The third-order valence-electron chi connectivity index (χ3n) is 1.57. The maximum atomic E-state index is 12.1. The zero-order chi connectivity index (χ0) is 13.5. The van der Waals surface area contributed by atoms with E-state index in [4.69, 9.17) is 5.11 Å². The van der Waals surface area contributed by atoms with E-state index in [0.29, 0.717) is 4.90 Å². The third kappa shape index (κ3) is 9.36. The van der Waals surface area contributed by atoms with E-state index in [0.717, 1.165) is 0 Å². The molecule has 0 rings (SSSR count). The summed E-state index contributed by atoms with van der Waals surface area (Å²) in [6, 6.07) is 0. The number of nitrogens with one attached hydrogen (secondary N) is 1. The fraction of sp³-hybridized carbons (Fsp3) is 0.556. The molecule has 0 aliphatic rings. The van der Waals surface area contributed by atoms with Crippen molar-refractivity contribution in [3.63, 3.8) is 0 Å². The lowest BCUT2D eigenvalue weighted by atomic mass is 10.4. The maximum absolute atomic E-state index is 12.1. The highest BCUT2D eigenvalue weighted by atomic mass is 19.4. The molecule has 98 valence electrons. The molecule has 0 aromatic rings. The molecule has 0 unspecified atom stereocenters. The number of carboxylic acid groups (broad SMARTS) is 1. The zero-order valence-electron chi connectivity index (χ0n) is 8.96. The molecule has 0 spiro atoms. The number of hydrogen-bond donors (Lipinski definition) is 2. The summed E-state index contributed by atoms with van der Waals surface area (Å²) in [6.45, 7) is 0.519. The number of hydrogen-bond acceptors (Lipinski definition) is 3. The van der Waals surface area contributed by atoms with Crippen molar-refractivity contribution in [2.75, 3.05) is 26.2 Å². The Morgan fingerprint density at radius 2 is 1.94 bits per heavy atom. The van der Waals surface area contributed by atoms with Crippen LogP contribution in [0, 0.1) is 0 Å². The molecule has 0 aliphatic carbocycles. The van der Waals surface area contributed by atoms with Crippen LogP contribution in [0.5, 0.6) is 0 Å². The van der Waals surface area contributed by atoms with Gasteiger partial charge in [-0.2, -0.15) is 13.2 Å². The Bertz CT molecular complexity index is 292. The summed E-state index contributed by atoms with van der Waals surface area (Å²) in [5, 5.41) is 10.7. The SMILES string of the molecule is C=CCNC(=O)CN(CC(=O)O)CC(F)(F)F. The quantitative estimate of drug-likeness (QED) is 0.638. The molecule has 0 radical (unpaired) electrons. The monoisotopic (exact) mass is 254 g/mol. The van der Waals surface area contributed by atoms with Crippen LogP contribution >= 0.6 is 0 Å². The fourth-order valence-electron chi connectivity index (χ4n) is 1.06. The molecular formula is C9H13F3N2O3. The smallest absolute Gasteiger partial charge is 0.401 e. The minimum atomic E-state index is -4.55. The normalized spacial score (nSPS) is 11.3. The number of rotatable bonds is 7. The van der Waals surface area contributed by atoms with Gasteiger partial charge in [-0.15, -0.1) is 6.58 Å².